The van der Waals surface area contributed by atoms with Crippen LogP contribution in [-0.2, 0) is 20.9 Å². The lowest BCUT2D eigenvalue weighted by Crippen LogP contribution is -2.38. The summed E-state index contributed by atoms with van der Waals surface area (Å²) in [5.74, 6) is -1.02. The molecule has 0 saturated carbocycles. The van der Waals surface area contributed by atoms with E-state index in [1.807, 2.05) is 24.3 Å². The van der Waals surface area contributed by atoms with E-state index in [0.717, 1.165) is 30.8 Å². The lowest BCUT2D eigenvalue weighted by atomic mass is 10.0. The van der Waals surface area contributed by atoms with Crippen LogP contribution in [0.25, 0.3) is 17.2 Å². The number of nitrogens with one attached hydrogen (secondary N) is 1. The van der Waals surface area contributed by atoms with Gasteiger partial charge in [-0.25, -0.2) is 4.79 Å². The summed E-state index contributed by atoms with van der Waals surface area (Å²) in [6, 6.07) is 17.3. The number of carbonyl (C=O) groups excluding carboxylic acids is 2. The summed E-state index contributed by atoms with van der Waals surface area (Å²) >= 11 is 19.3. The molecule has 0 aliphatic carbocycles. The van der Waals surface area contributed by atoms with Crippen molar-refractivity contribution in [2.75, 3.05) is 46.0 Å². The number of thiocarbonyl (C=S) groups is 1. The zero-order chi connectivity index (χ0) is 32.6. The van der Waals surface area contributed by atoms with Gasteiger partial charge in [-0.3, -0.25) is 19.4 Å². The van der Waals surface area contributed by atoms with E-state index in [1.54, 1.807) is 30.3 Å². The number of hydrogen-bond donors (Lipinski definition) is 2. The maximum absolute atomic E-state index is 13.5. The molecule has 2 aliphatic rings. The second-order valence-corrected chi connectivity index (χ2v) is 13.1. The molecule has 0 atom stereocenters. The van der Waals surface area contributed by atoms with Gasteiger partial charge in [0.1, 0.15) is 16.7 Å². The zero-order valence-corrected chi connectivity index (χ0v) is 27.8. The summed E-state index contributed by atoms with van der Waals surface area (Å²) in [5, 5.41) is 13.0. The van der Waals surface area contributed by atoms with Crippen LogP contribution in [0.15, 0.2) is 65.6 Å². The minimum atomic E-state index is -1.04. The molecule has 2 fully saturated rings. The van der Waals surface area contributed by atoms with Crippen LogP contribution in [0.1, 0.15) is 27.9 Å². The highest BCUT2D eigenvalue weighted by atomic mass is 35.5. The molecule has 0 radical (unpaired) electrons. The molecule has 5 rings (SSSR count). The standard InChI is InChI=1S/C33H31Cl2N3O6S2/c34-25-5-6-26(27(35)19-25)22-4-7-28(44-15-12-37-10-13-43-14-11-37)24(17-22)18-29-31(40)38(33(45)46-29)9-8-30(39)36-20-21-2-1-3-23(16-21)32(41)42/h1-7,16-19H,8-15,20H2,(H,36,39)(H,41,42). The second kappa shape index (κ2) is 15.9. The Morgan fingerprint density at radius 2 is 1.87 bits per heavy atom. The number of ether oxygens (including phenoxy) is 2. The summed E-state index contributed by atoms with van der Waals surface area (Å²) in [6.45, 7) is 4.57. The van der Waals surface area contributed by atoms with Crippen LogP contribution in [0.2, 0.25) is 10.0 Å². The van der Waals surface area contributed by atoms with Crippen LogP contribution < -0.4 is 10.1 Å². The van der Waals surface area contributed by atoms with Crippen molar-refractivity contribution in [3.05, 3.63) is 92.3 Å². The Bertz CT molecular complexity index is 1680. The average molecular weight is 701 g/mol. The predicted molar refractivity (Wildman–Crippen MR) is 184 cm³/mol. The van der Waals surface area contributed by atoms with E-state index in [0.29, 0.717) is 56.0 Å². The van der Waals surface area contributed by atoms with Crippen LogP contribution in [0.5, 0.6) is 5.75 Å². The monoisotopic (exact) mass is 699 g/mol. The van der Waals surface area contributed by atoms with Crippen molar-refractivity contribution in [2.24, 2.45) is 0 Å². The van der Waals surface area contributed by atoms with E-state index in [1.165, 1.54) is 28.8 Å². The molecule has 9 nitrogen and oxygen atoms in total. The first-order chi connectivity index (χ1) is 22.2. The van der Waals surface area contributed by atoms with Crippen molar-refractivity contribution in [3.63, 3.8) is 0 Å². The molecule has 0 spiro atoms. The van der Waals surface area contributed by atoms with Gasteiger partial charge in [-0.1, -0.05) is 71.4 Å². The molecule has 2 saturated heterocycles. The first-order valence-electron chi connectivity index (χ1n) is 14.5. The van der Waals surface area contributed by atoms with Gasteiger partial charge in [0.25, 0.3) is 5.91 Å². The number of hydrogen-bond acceptors (Lipinski definition) is 8. The van der Waals surface area contributed by atoms with Gasteiger partial charge < -0.3 is 19.9 Å². The van der Waals surface area contributed by atoms with E-state index in [9.17, 15) is 19.5 Å². The van der Waals surface area contributed by atoms with E-state index >= 15 is 0 Å². The Balaban J connectivity index is 1.28. The number of amides is 2. The first kappa shape index (κ1) is 33.9. The van der Waals surface area contributed by atoms with E-state index < -0.39 is 5.97 Å². The van der Waals surface area contributed by atoms with Gasteiger partial charge in [-0.2, -0.15) is 0 Å². The fourth-order valence-corrected chi connectivity index (χ4v) is 6.76. The first-order valence-corrected chi connectivity index (χ1v) is 16.5. The molecule has 13 heteroatoms. The van der Waals surface area contributed by atoms with Crippen LogP contribution >= 0.6 is 47.2 Å². The summed E-state index contributed by atoms with van der Waals surface area (Å²) in [7, 11) is 0. The average Bonchev–Trinajstić information content (AvgIpc) is 3.31. The Morgan fingerprint density at radius 3 is 2.63 bits per heavy atom. The second-order valence-electron chi connectivity index (χ2n) is 10.5. The zero-order valence-electron chi connectivity index (χ0n) is 24.7. The number of carboxylic acids is 1. The number of morpholine rings is 1. The Morgan fingerprint density at radius 1 is 1.07 bits per heavy atom. The minimum absolute atomic E-state index is 0.0266. The predicted octanol–water partition coefficient (Wildman–Crippen LogP) is 5.98. The molecule has 0 aromatic heterocycles. The minimum Gasteiger partial charge on any atom is -0.492 e. The maximum atomic E-state index is 13.5. The maximum Gasteiger partial charge on any atom is 0.335 e. The van der Waals surface area contributed by atoms with E-state index in [2.05, 4.69) is 10.2 Å². The molecule has 0 unspecified atom stereocenters. The van der Waals surface area contributed by atoms with Gasteiger partial charge in [0, 0.05) is 60.3 Å². The van der Waals surface area contributed by atoms with Crippen molar-refractivity contribution in [2.45, 2.75) is 13.0 Å². The normalized spacial score (nSPS) is 16.2. The Labute approximate surface area is 286 Å². The summed E-state index contributed by atoms with van der Waals surface area (Å²) in [5.41, 5.74) is 3.10. The third kappa shape index (κ3) is 8.87. The quantitative estimate of drug-likeness (QED) is 0.174. The van der Waals surface area contributed by atoms with Crippen molar-refractivity contribution < 1.29 is 29.0 Å². The molecular formula is C33H31Cl2N3O6S2. The fourth-order valence-electron chi connectivity index (χ4n) is 4.94. The number of benzene rings is 3. The van der Waals surface area contributed by atoms with Crippen LogP contribution in [0, 0.1) is 0 Å². The topological polar surface area (TPSA) is 108 Å². The lowest BCUT2D eigenvalue weighted by Gasteiger charge is -2.26. The molecule has 46 heavy (non-hydrogen) atoms. The van der Waals surface area contributed by atoms with Crippen LogP contribution in [0.4, 0.5) is 0 Å². The van der Waals surface area contributed by atoms with Crippen molar-refractivity contribution in [1.29, 1.82) is 0 Å². The molecule has 2 amide bonds. The van der Waals surface area contributed by atoms with Gasteiger partial charge in [-0.05, 0) is 53.6 Å². The molecule has 0 bridgehead atoms. The fraction of sp³-hybridized carbons (Fsp3) is 0.273. The molecule has 3 aromatic carbocycles. The number of thioether (sulfide) groups is 1. The van der Waals surface area contributed by atoms with E-state index in [4.69, 9.17) is 44.9 Å². The van der Waals surface area contributed by atoms with Gasteiger partial charge >= 0.3 is 5.97 Å². The van der Waals surface area contributed by atoms with Crippen LogP contribution in [-0.4, -0.2) is 83.0 Å². The summed E-state index contributed by atoms with van der Waals surface area (Å²) in [4.78, 5) is 41.3. The number of rotatable bonds is 12. The molecule has 2 aliphatic heterocycles. The summed E-state index contributed by atoms with van der Waals surface area (Å²) in [6.07, 6.45) is 1.78. The van der Waals surface area contributed by atoms with Gasteiger partial charge in [0.2, 0.25) is 5.91 Å². The number of nitrogens with zero attached hydrogens (tertiary/aromatic N) is 2. The third-order valence-electron chi connectivity index (χ3n) is 7.41. The number of carbonyl (C=O) groups is 3. The molecule has 2 N–H and O–H groups in total. The lowest BCUT2D eigenvalue weighted by molar-refractivity contribution is -0.123. The summed E-state index contributed by atoms with van der Waals surface area (Å²) < 4.78 is 12.0. The number of aromatic carboxylic acids is 1. The third-order valence-corrected chi connectivity index (χ3v) is 9.33. The Kier molecular flexibility index (Phi) is 11.7. The SMILES string of the molecule is O=C(CCN1C(=O)C(=Cc2cc(-c3ccc(Cl)cc3Cl)ccc2OCCN2CCOCC2)SC1=S)NCc1cccc(C(=O)O)c1. The smallest absolute Gasteiger partial charge is 0.335 e. The largest absolute Gasteiger partial charge is 0.492 e. The van der Waals surface area contributed by atoms with Gasteiger partial charge in [-0.15, -0.1) is 0 Å². The highest BCUT2D eigenvalue weighted by molar-refractivity contribution is 8.26. The molecule has 240 valence electrons. The van der Waals surface area contributed by atoms with Crippen LogP contribution in [0.3, 0.4) is 0 Å². The van der Waals surface area contributed by atoms with Crippen molar-refractivity contribution in [3.8, 4) is 16.9 Å². The number of halogens is 2. The molecule has 2 heterocycles. The highest BCUT2D eigenvalue weighted by Crippen LogP contribution is 2.37. The van der Waals surface area contributed by atoms with Gasteiger partial charge in [0.15, 0.2) is 0 Å². The molecular weight excluding hydrogens is 669 g/mol. The Hall–Kier alpha value is -3.45. The van der Waals surface area contributed by atoms with Crippen molar-refractivity contribution >= 4 is 75.4 Å². The highest BCUT2D eigenvalue weighted by Gasteiger charge is 2.32. The molecule has 3 aromatic rings. The number of carboxylic acid groups (broad SMARTS) is 1. The van der Waals surface area contributed by atoms with E-state index in [-0.39, 0.29) is 36.9 Å². The van der Waals surface area contributed by atoms with Gasteiger partial charge in [0.05, 0.1) is 23.7 Å². The van der Waals surface area contributed by atoms with Crippen molar-refractivity contribution in [1.82, 2.24) is 15.1 Å².